The van der Waals surface area contributed by atoms with E-state index >= 15 is 0 Å². The number of nitrogens with zero attached hydrogens (tertiary/aromatic N) is 1. The Balaban J connectivity index is 2.19. The summed E-state index contributed by atoms with van der Waals surface area (Å²) in [7, 11) is 1.75. The average molecular weight is 290 g/mol. The first kappa shape index (κ1) is 16.3. The van der Waals surface area contributed by atoms with E-state index in [2.05, 4.69) is 31.1 Å². The number of hydrogen-bond donors (Lipinski definition) is 1. The summed E-state index contributed by atoms with van der Waals surface area (Å²) in [6.07, 6.45) is 8.39. The molecule has 0 aromatic carbocycles. The highest BCUT2D eigenvalue weighted by atomic mass is 16.5. The van der Waals surface area contributed by atoms with Crippen LogP contribution in [-0.2, 0) is 0 Å². The van der Waals surface area contributed by atoms with Crippen molar-refractivity contribution in [1.29, 1.82) is 0 Å². The molecular weight excluding hydrogens is 260 g/mol. The third-order valence-electron chi connectivity index (χ3n) is 4.42. The molecular formula is C18H30N2O. The molecule has 1 heterocycles. The van der Waals surface area contributed by atoms with E-state index < -0.39 is 0 Å². The van der Waals surface area contributed by atoms with Crippen molar-refractivity contribution in [1.82, 2.24) is 10.3 Å². The van der Waals surface area contributed by atoms with E-state index in [1.54, 1.807) is 7.11 Å². The minimum atomic E-state index is 0.172. The second-order valence-corrected chi connectivity index (χ2v) is 7.23. The van der Waals surface area contributed by atoms with E-state index in [1.165, 1.54) is 32.1 Å². The fourth-order valence-electron chi connectivity index (χ4n) is 3.28. The molecule has 3 nitrogen and oxygen atoms in total. The van der Waals surface area contributed by atoms with E-state index in [9.17, 15) is 0 Å². The summed E-state index contributed by atoms with van der Waals surface area (Å²) in [5.41, 5.74) is 1.33. The number of methoxy groups -OCH3 is 1. The molecule has 0 bridgehead atoms. The van der Waals surface area contributed by atoms with E-state index in [1.807, 2.05) is 18.3 Å². The first-order valence-corrected chi connectivity index (χ1v) is 8.25. The van der Waals surface area contributed by atoms with Gasteiger partial charge in [-0.15, -0.1) is 0 Å². The van der Waals surface area contributed by atoms with Gasteiger partial charge < -0.3 is 10.1 Å². The third-order valence-corrected chi connectivity index (χ3v) is 4.42. The van der Waals surface area contributed by atoms with Gasteiger partial charge in [-0.2, -0.15) is 0 Å². The summed E-state index contributed by atoms with van der Waals surface area (Å²) < 4.78 is 5.55. The maximum atomic E-state index is 5.55. The number of rotatable bonds is 4. The maximum Gasteiger partial charge on any atom is 0.140 e. The molecule has 3 heteroatoms. The molecule has 2 atom stereocenters. The highest BCUT2D eigenvalue weighted by Crippen LogP contribution is 2.39. The van der Waals surface area contributed by atoms with Gasteiger partial charge in [-0.1, -0.05) is 19.3 Å². The Hall–Kier alpha value is -1.09. The quantitative estimate of drug-likeness (QED) is 0.846. The SMILES string of the molecule is COc1cccnc1C1CCCCCC1CNC(C)(C)C. The molecule has 1 N–H and O–H groups in total. The second kappa shape index (κ2) is 7.26. The molecule has 2 rings (SSSR count). The molecule has 0 saturated heterocycles. The first-order chi connectivity index (χ1) is 10.0. The van der Waals surface area contributed by atoms with Crippen LogP contribution in [0.1, 0.15) is 64.5 Å². The highest BCUT2D eigenvalue weighted by Gasteiger charge is 2.29. The zero-order valence-electron chi connectivity index (χ0n) is 14.0. The summed E-state index contributed by atoms with van der Waals surface area (Å²) in [6, 6.07) is 4.00. The molecule has 0 amide bonds. The molecule has 0 spiro atoms. The second-order valence-electron chi connectivity index (χ2n) is 7.23. The molecule has 2 unspecified atom stereocenters. The van der Waals surface area contributed by atoms with Crippen LogP contribution in [0.15, 0.2) is 18.3 Å². The third kappa shape index (κ3) is 4.70. The Labute approximate surface area is 129 Å². The topological polar surface area (TPSA) is 34.1 Å². The minimum absolute atomic E-state index is 0.172. The zero-order valence-corrected chi connectivity index (χ0v) is 14.0. The fraction of sp³-hybridized carbons (Fsp3) is 0.722. The molecule has 1 aromatic rings. The van der Waals surface area contributed by atoms with Crippen molar-refractivity contribution in [2.75, 3.05) is 13.7 Å². The standard InChI is InChI=1S/C18H30N2O/c1-18(2,3)20-13-14-9-6-5-7-10-15(14)17-16(21-4)11-8-12-19-17/h8,11-12,14-15,20H,5-7,9-10,13H2,1-4H3. The summed E-state index contributed by atoms with van der Waals surface area (Å²) in [4.78, 5) is 4.66. The van der Waals surface area contributed by atoms with Gasteiger partial charge in [-0.3, -0.25) is 4.98 Å². The van der Waals surface area contributed by atoms with Gasteiger partial charge in [-0.25, -0.2) is 0 Å². The minimum Gasteiger partial charge on any atom is -0.495 e. The van der Waals surface area contributed by atoms with Crippen LogP contribution in [0.25, 0.3) is 0 Å². The maximum absolute atomic E-state index is 5.55. The van der Waals surface area contributed by atoms with Gasteiger partial charge in [0.15, 0.2) is 0 Å². The lowest BCUT2D eigenvalue weighted by Crippen LogP contribution is -2.40. The smallest absolute Gasteiger partial charge is 0.140 e. The van der Waals surface area contributed by atoms with Gasteiger partial charge in [0.05, 0.1) is 12.8 Å². The van der Waals surface area contributed by atoms with Crippen molar-refractivity contribution >= 4 is 0 Å². The van der Waals surface area contributed by atoms with Crippen LogP contribution in [0.2, 0.25) is 0 Å². The Morgan fingerprint density at radius 2 is 2.00 bits per heavy atom. The monoisotopic (exact) mass is 290 g/mol. The van der Waals surface area contributed by atoms with Gasteiger partial charge >= 0.3 is 0 Å². The predicted molar refractivity (Wildman–Crippen MR) is 87.9 cm³/mol. The molecule has 118 valence electrons. The van der Waals surface area contributed by atoms with Gasteiger partial charge in [-0.05, 0) is 58.2 Å². The van der Waals surface area contributed by atoms with Gasteiger partial charge in [0.2, 0.25) is 0 Å². The van der Waals surface area contributed by atoms with Crippen molar-refractivity contribution in [2.24, 2.45) is 5.92 Å². The Morgan fingerprint density at radius 3 is 2.71 bits per heavy atom. The Kier molecular flexibility index (Phi) is 5.63. The molecule has 1 aromatic heterocycles. The highest BCUT2D eigenvalue weighted by molar-refractivity contribution is 5.30. The van der Waals surface area contributed by atoms with E-state index in [-0.39, 0.29) is 5.54 Å². The molecule has 0 radical (unpaired) electrons. The van der Waals surface area contributed by atoms with E-state index in [0.29, 0.717) is 11.8 Å². The lowest BCUT2D eigenvalue weighted by Gasteiger charge is -2.30. The number of nitrogens with one attached hydrogen (secondary N) is 1. The molecule has 1 aliphatic rings. The lowest BCUT2D eigenvalue weighted by molar-refractivity contribution is 0.311. The molecule has 1 fully saturated rings. The number of aromatic nitrogens is 1. The number of ether oxygens (including phenoxy) is 1. The summed E-state index contributed by atoms with van der Waals surface area (Å²) in [5, 5.41) is 3.69. The summed E-state index contributed by atoms with van der Waals surface area (Å²) >= 11 is 0. The fourth-order valence-corrected chi connectivity index (χ4v) is 3.28. The Bertz CT molecular complexity index is 439. The van der Waals surface area contributed by atoms with Crippen LogP contribution in [0.3, 0.4) is 0 Å². The van der Waals surface area contributed by atoms with Crippen LogP contribution >= 0.6 is 0 Å². The van der Waals surface area contributed by atoms with Gasteiger partial charge in [0.1, 0.15) is 5.75 Å². The van der Waals surface area contributed by atoms with Crippen LogP contribution in [0.4, 0.5) is 0 Å². The molecule has 1 saturated carbocycles. The van der Waals surface area contributed by atoms with E-state index in [4.69, 9.17) is 4.74 Å². The Morgan fingerprint density at radius 1 is 1.24 bits per heavy atom. The van der Waals surface area contributed by atoms with Crippen molar-refractivity contribution in [3.63, 3.8) is 0 Å². The predicted octanol–water partition coefficient (Wildman–Crippen LogP) is 4.14. The molecule has 21 heavy (non-hydrogen) atoms. The lowest BCUT2D eigenvalue weighted by atomic mass is 9.84. The van der Waals surface area contributed by atoms with Crippen LogP contribution in [0, 0.1) is 5.92 Å². The van der Waals surface area contributed by atoms with Gasteiger partial charge in [0.25, 0.3) is 0 Å². The zero-order chi connectivity index (χ0) is 15.3. The van der Waals surface area contributed by atoms with Crippen molar-refractivity contribution in [3.8, 4) is 5.75 Å². The number of hydrogen-bond acceptors (Lipinski definition) is 3. The van der Waals surface area contributed by atoms with Crippen LogP contribution < -0.4 is 10.1 Å². The first-order valence-electron chi connectivity index (χ1n) is 8.25. The summed E-state index contributed by atoms with van der Waals surface area (Å²) in [5.74, 6) is 2.11. The summed E-state index contributed by atoms with van der Waals surface area (Å²) in [6.45, 7) is 7.77. The van der Waals surface area contributed by atoms with Crippen molar-refractivity contribution in [2.45, 2.75) is 64.3 Å². The average Bonchev–Trinajstić information content (AvgIpc) is 2.69. The molecule has 1 aliphatic carbocycles. The number of pyridine rings is 1. The van der Waals surface area contributed by atoms with Crippen LogP contribution in [0.5, 0.6) is 5.75 Å². The molecule has 0 aliphatic heterocycles. The van der Waals surface area contributed by atoms with E-state index in [0.717, 1.165) is 18.0 Å². The van der Waals surface area contributed by atoms with Crippen LogP contribution in [-0.4, -0.2) is 24.2 Å². The van der Waals surface area contributed by atoms with Crippen molar-refractivity contribution in [3.05, 3.63) is 24.0 Å². The normalized spacial score (nSPS) is 23.6. The largest absolute Gasteiger partial charge is 0.495 e. The van der Waals surface area contributed by atoms with Gasteiger partial charge in [0, 0.05) is 17.7 Å². The van der Waals surface area contributed by atoms with Crippen molar-refractivity contribution < 1.29 is 4.74 Å².